The van der Waals surface area contributed by atoms with Gasteiger partial charge in [0.25, 0.3) is 5.91 Å². The van der Waals surface area contributed by atoms with Crippen LogP contribution in [-0.4, -0.2) is 48.8 Å². The number of hydrogen-bond acceptors (Lipinski definition) is 5. The average Bonchev–Trinajstić information content (AvgIpc) is 3.16. The van der Waals surface area contributed by atoms with Crippen molar-refractivity contribution in [1.82, 2.24) is 10.2 Å². The van der Waals surface area contributed by atoms with Crippen LogP contribution in [0.5, 0.6) is 5.75 Å². The SMILES string of the molecule is O=C(NCC(c1cccs1)N1CCOCC1)c1c(O)c(Cl)cc(Cl)c1Cl. The van der Waals surface area contributed by atoms with Crippen molar-refractivity contribution in [2.45, 2.75) is 6.04 Å². The number of thiophene rings is 1. The fourth-order valence-corrected chi connectivity index (χ4v) is 4.40. The van der Waals surface area contributed by atoms with Crippen LogP contribution in [0.4, 0.5) is 0 Å². The Morgan fingerprint density at radius 1 is 1.31 bits per heavy atom. The molecule has 0 aliphatic carbocycles. The molecule has 1 fully saturated rings. The molecule has 3 rings (SSSR count). The molecule has 1 unspecified atom stereocenters. The number of aromatic hydroxyl groups is 1. The van der Waals surface area contributed by atoms with E-state index in [9.17, 15) is 9.90 Å². The van der Waals surface area contributed by atoms with Crippen LogP contribution in [0.2, 0.25) is 15.1 Å². The summed E-state index contributed by atoms with van der Waals surface area (Å²) in [5.74, 6) is -0.899. The molecule has 0 saturated carbocycles. The number of carbonyl (C=O) groups excluding carboxylic acids is 1. The summed E-state index contributed by atoms with van der Waals surface area (Å²) in [4.78, 5) is 16.0. The van der Waals surface area contributed by atoms with E-state index in [1.165, 1.54) is 6.07 Å². The maximum absolute atomic E-state index is 12.6. The summed E-state index contributed by atoms with van der Waals surface area (Å²) in [6.07, 6.45) is 0. The van der Waals surface area contributed by atoms with E-state index in [0.29, 0.717) is 19.8 Å². The first-order valence-corrected chi connectivity index (χ1v) is 10.00. The fourth-order valence-electron chi connectivity index (χ4n) is 2.85. The van der Waals surface area contributed by atoms with Crippen molar-refractivity contribution in [2.24, 2.45) is 0 Å². The number of phenols is 1. The van der Waals surface area contributed by atoms with Crippen LogP contribution in [0.1, 0.15) is 21.3 Å². The molecule has 2 aromatic rings. The minimum Gasteiger partial charge on any atom is -0.505 e. The lowest BCUT2D eigenvalue weighted by Gasteiger charge is -2.34. The van der Waals surface area contributed by atoms with E-state index >= 15 is 0 Å². The molecule has 0 spiro atoms. The van der Waals surface area contributed by atoms with Crippen molar-refractivity contribution < 1.29 is 14.6 Å². The molecule has 5 nitrogen and oxygen atoms in total. The van der Waals surface area contributed by atoms with Gasteiger partial charge in [0, 0.05) is 24.5 Å². The molecule has 1 aromatic carbocycles. The Hall–Kier alpha value is -1.02. The summed E-state index contributed by atoms with van der Waals surface area (Å²) in [5.41, 5.74) is -0.115. The number of morpholine rings is 1. The first-order valence-electron chi connectivity index (χ1n) is 7.99. The van der Waals surface area contributed by atoms with Crippen molar-refractivity contribution in [3.63, 3.8) is 0 Å². The molecule has 1 atom stereocenters. The summed E-state index contributed by atoms with van der Waals surface area (Å²) in [5, 5.41) is 15.0. The summed E-state index contributed by atoms with van der Waals surface area (Å²) in [6, 6.07) is 5.34. The van der Waals surface area contributed by atoms with Gasteiger partial charge in [-0.25, -0.2) is 0 Å². The lowest BCUT2D eigenvalue weighted by atomic mass is 10.1. The summed E-state index contributed by atoms with van der Waals surface area (Å²) in [6.45, 7) is 3.25. The maximum Gasteiger partial charge on any atom is 0.256 e. The summed E-state index contributed by atoms with van der Waals surface area (Å²) < 4.78 is 5.41. The third-order valence-corrected chi connectivity index (χ3v) is 6.24. The number of hydrogen-bond donors (Lipinski definition) is 2. The van der Waals surface area contributed by atoms with Crippen molar-refractivity contribution in [3.8, 4) is 5.75 Å². The normalized spacial score (nSPS) is 16.4. The van der Waals surface area contributed by atoms with Gasteiger partial charge in [0.1, 0.15) is 11.3 Å². The second-order valence-corrected chi connectivity index (χ2v) is 7.94. The molecule has 9 heteroatoms. The lowest BCUT2D eigenvalue weighted by molar-refractivity contribution is 0.0169. The van der Waals surface area contributed by atoms with Crippen molar-refractivity contribution >= 4 is 52.0 Å². The van der Waals surface area contributed by atoms with Gasteiger partial charge in [-0.1, -0.05) is 40.9 Å². The zero-order valence-corrected chi connectivity index (χ0v) is 16.8. The van der Waals surface area contributed by atoms with Gasteiger partial charge < -0.3 is 15.2 Å². The predicted molar refractivity (Wildman–Crippen MR) is 105 cm³/mol. The van der Waals surface area contributed by atoms with Crippen LogP contribution >= 0.6 is 46.1 Å². The molecule has 0 radical (unpaired) electrons. The van der Waals surface area contributed by atoms with E-state index in [1.54, 1.807) is 11.3 Å². The topological polar surface area (TPSA) is 61.8 Å². The number of amides is 1. The monoisotopic (exact) mass is 434 g/mol. The van der Waals surface area contributed by atoms with E-state index in [2.05, 4.69) is 10.2 Å². The Bertz CT molecular complexity index is 754. The Kier molecular flexibility index (Phi) is 6.66. The molecule has 1 saturated heterocycles. The first-order chi connectivity index (χ1) is 12.5. The van der Waals surface area contributed by atoms with Crippen LogP contribution in [-0.2, 0) is 4.74 Å². The second kappa shape index (κ2) is 8.78. The lowest BCUT2D eigenvalue weighted by Crippen LogP contribution is -2.43. The smallest absolute Gasteiger partial charge is 0.256 e. The van der Waals surface area contributed by atoms with Crippen LogP contribution in [0.25, 0.3) is 0 Å². The van der Waals surface area contributed by atoms with Gasteiger partial charge in [-0.15, -0.1) is 11.3 Å². The molecule has 26 heavy (non-hydrogen) atoms. The number of nitrogens with one attached hydrogen (secondary N) is 1. The minimum atomic E-state index is -0.522. The third-order valence-electron chi connectivity index (χ3n) is 4.19. The molecule has 140 valence electrons. The van der Waals surface area contributed by atoms with Gasteiger partial charge in [0.2, 0.25) is 0 Å². The van der Waals surface area contributed by atoms with Gasteiger partial charge >= 0.3 is 0 Å². The number of nitrogens with zero attached hydrogens (tertiary/aromatic N) is 1. The first kappa shape index (κ1) is 19.7. The maximum atomic E-state index is 12.6. The summed E-state index contributed by atoms with van der Waals surface area (Å²) in [7, 11) is 0. The number of halogens is 3. The fraction of sp³-hybridized carbons (Fsp3) is 0.353. The van der Waals surface area contributed by atoms with E-state index in [-0.39, 0.29) is 32.4 Å². The van der Waals surface area contributed by atoms with Crippen LogP contribution in [0.3, 0.4) is 0 Å². The van der Waals surface area contributed by atoms with Crippen molar-refractivity contribution in [1.29, 1.82) is 0 Å². The molecule has 1 aromatic heterocycles. The van der Waals surface area contributed by atoms with E-state index in [0.717, 1.165) is 18.0 Å². The number of benzene rings is 1. The van der Waals surface area contributed by atoms with Crippen molar-refractivity contribution in [3.05, 3.63) is 49.1 Å². The van der Waals surface area contributed by atoms with E-state index < -0.39 is 5.91 Å². The molecular weight excluding hydrogens is 419 g/mol. The Labute approximate surface area is 170 Å². The van der Waals surface area contributed by atoms with Gasteiger partial charge in [0.05, 0.1) is 34.3 Å². The highest BCUT2D eigenvalue weighted by molar-refractivity contribution is 7.10. The van der Waals surface area contributed by atoms with E-state index in [4.69, 9.17) is 39.5 Å². The predicted octanol–water partition coefficient (Wildman–Crippen LogP) is 4.22. The zero-order valence-electron chi connectivity index (χ0n) is 13.7. The van der Waals surface area contributed by atoms with Gasteiger partial charge in [-0.05, 0) is 17.5 Å². The Balaban J connectivity index is 1.78. The molecular formula is C17H17Cl3N2O3S. The molecule has 1 amide bonds. The second-order valence-electron chi connectivity index (χ2n) is 5.77. The zero-order chi connectivity index (χ0) is 18.7. The van der Waals surface area contributed by atoms with Crippen LogP contribution in [0.15, 0.2) is 23.6 Å². The Morgan fingerprint density at radius 3 is 2.69 bits per heavy atom. The number of carbonyl (C=O) groups is 1. The average molecular weight is 436 g/mol. The van der Waals surface area contributed by atoms with Gasteiger partial charge in [-0.3, -0.25) is 9.69 Å². The molecule has 1 aliphatic rings. The van der Waals surface area contributed by atoms with Crippen molar-refractivity contribution in [2.75, 3.05) is 32.8 Å². The Morgan fingerprint density at radius 2 is 2.04 bits per heavy atom. The minimum absolute atomic E-state index is 0.0124. The third kappa shape index (κ3) is 4.27. The number of ether oxygens (including phenoxy) is 1. The quantitative estimate of drug-likeness (QED) is 0.690. The van der Waals surface area contributed by atoms with Gasteiger partial charge in [0.15, 0.2) is 0 Å². The highest BCUT2D eigenvalue weighted by atomic mass is 35.5. The highest BCUT2D eigenvalue weighted by Crippen LogP contribution is 2.38. The molecule has 0 bridgehead atoms. The number of rotatable bonds is 5. The van der Waals surface area contributed by atoms with Crippen LogP contribution < -0.4 is 5.32 Å². The molecule has 1 aliphatic heterocycles. The summed E-state index contributed by atoms with van der Waals surface area (Å²) >= 11 is 19.6. The van der Waals surface area contributed by atoms with Gasteiger partial charge in [-0.2, -0.15) is 0 Å². The molecule has 2 N–H and O–H groups in total. The largest absolute Gasteiger partial charge is 0.505 e. The standard InChI is InChI=1S/C17H17Cl3N2O3S/c18-10-8-11(19)16(23)14(15(10)20)17(24)21-9-12(13-2-1-7-26-13)22-3-5-25-6-4-22/h1-2,7-8,12,23H,3-6,9H2,(H,21,24). The highest BCUT2D eigenvalue weighted by Gasteiger charge is 2.26. The number of phenolic OH excluding ortho intramolecular Hbond substituents is 1. The van der Waals surface area contributed by atoms with E-state index in [1.807, 2.05) is 17.5 Å². The molecule has 2 heterocycles. The van der Waals surface area contributed by atoms with Crippen LogP contribution in [0, 0.1) is 0 Å².